The summed E-state index contributed by atoms with van der Waals surface area (Å²) in [6.45, 7) is 10.2. The second-order valence-corrected chi connectivity index (χ2v) is 10.7. The summed E-state index contributed by atoms with van der Waals surface area (Å²) in [7, 11) is 1.67. The van der Waals surface area contributed by atoms with Gasteiger partial charge in [-0.3, -0.25) is 9.69 Å². The third kappa shape index (κ3) is 5.95. The van der Waals surface area contributed by atoms with Crippen molar-refractivity contribution in [3.8, 4) is 5.75 Å². The molecule has 0 aliphatic carbocycles. The van der Waals surface area contributed by atoms with Gasteiger partial charge in [0.05, 0.1) is 13.2 Å². The number of allylic oxidation sites excluding steroid dienone is 1. The maximum Gasteiger partial charge on any atom is 0.137 e. The van der Waals surface area contributed by atoms with E-state index in [0.29, 0.717) is 24.7 Å². The monoisotopic (exact) mass is 492 g/mol. The fourth-order valence-corrected chi connectivity index (χ4v) is 6.52. The van der Waals surface area contributed by atoms with Crippen molar-refractivity contribution in [2.45, 2.75) is 69.9 Å². The number of carbonyl (C=O) groups is 1. The van der Waals surface area contributed by atoms with E-state index < -0.39 is 6.10 Å². The molecular formula is C31H44N2O3. The van der Waals surface area contributed by atoms with Crippen molar-refractivity contribution >= 4 is 17.0 Å². The maximum atomic E-state index is 13.3. The van der Waals surface area contributed by atoms with E-state index >= 15 is 0 Å². The Morgan fingerprint density at radius 1 is 1.19 bits per heavy atom. The molecule has 2 unspecified atom stereocenters. The molecule has 196 valence electrons. The number of benzene rings is 1. The van der Waals surface area contributed by atoms with Gasteiger partial charge in [-0.15, -0.1) is 13.2 Å². The lowest BCUT2D eigenvalue weighted by Gasteiger charge is -2.54. The van der Waals surface area contributed by atoms with Gasteiger partial charge < -0.3 is 15.2 Å². The van der Waals surface area contributed by atoms with E-state index in [0.717, 1.165) is 61.3 Å². The van der Waals surface area contributed by atoms with Crippen LogP contribution < -0.4 is 10.1 Å². The molecule has 5 rings (SSSR count). The number of piperidine rings is 3. The Kier molecular flexibility index (Phi) is 9.44. The van der Waals surface area contributed by atoms with Crippen molar-refractivity contribution in [1.29, 1.82) is 0 Å². The summed E-state index contributed by atoms with van der Waals surface area (Å²) in [5.41, 5.74) is 3.00. The number of rotatable bonds is 14. The van der Waals surface area contributed by atoms with Gasteiger partial charge in [-0.05, 0) is 61.3 Å². The molecular weight excluding hydrogens is 448 g/mol. The van der Waals surface area contributed by atoms with Gasteiger partial charge >= 0.3 is 0 Å². The number of Topliss-reactive ketones (excluding diaryl/α,β-unsaturated/α-hetero) is 1. The van der Waals surface area contributed by atoms with Crippen LogP contribution in [0.5, 0.6) is 5.75 Å². The highest BCUT2D eigenvalue weighted by Crippen LogP contribution is 2.45. The first-order chi connectivity index (χ1) is 17.6. The molecule has 2 bridgehead atoms. The predicted octanol–water partition coefficient (Wildman–Crippen LogP) is 5.86. The molecule has 0 aromatic heterocycles. The summed E-state index contributed by atoms with van der Waals surface area (Å²) < 4.78 is 5.44. The highest BCUT2D eigenvalue weighted by atomic mass is 16.5. The zero-order valence-corrected chi connectivity index (χ0v) is 22.0. The lowest BCUT2D eigenvalue weighted by Crippen LogP contribution is -2.62. The topological polar surface area (TPSA) is 61.8 Å². The number of hydrogen-bond acceptors (Lipinski definition) is 5. The molecule has 4 aliphatic rings. The van der Waals surface area contributed by atoms with Gasteiger partial charge in [0.1, 0.15) is 11.5 Å². The number of anilines is 1. The molecule has 0 amide bonds. The van der Waals surface area contributed by atoms with Crippen LogP contribution >= 0.6 is 0 Å². The molecule has 3 fully saturated rings. The molecule has 36 heavy (non-hydrogen) atoms. The standard InChI is InChI=1S/C31H44N2O3/c1-4-6-7-8-9-10-11-12-13-30(34)27-21-33-20-22(5-2)25(27)19-29(33)31(35)24-16-17-32-28-15-14-23(36-3)18-26(24)28/h4-5,14-16,18,22,25,27,29,31-32,35H,1-2,6-13,17,19-21H2,3H3/t22-,25-,27?,29+,31-/m0/s1. The van der Waals surface area contributed by atoms with Crippen LogP contribution in [-0.4, -0.2) is 54.7 Å². The Labute approximate surface area is 217 Å². The number of fused-ring (bicyclic) bond motifs is 4. The lowest BCUT2D eigenvalue weighted by molar-refractivity contribution is -0.135. The minimum absolute atomic E-state index is 0.0224. The third-order valence-electron chi connectivity index (χ3n) is 8.56. The van der Waals surface area contributed by atoms with Crippen molar-refractivity contribution in [1.82, 2.24) is 4.90 Å². The first kappa shape index (κ1) is 26.7. The smallest absolute Gasteiger partial charge is 0.137 e. The molecule has 0 spiro atoms. The van der Waals surface area contributed by atoms with Crippen LogP contribution in [-0.2, 0) is 4.79 Å². The Balaban J connectivity index is 1.36. The van der Waals surface area contributed by atoms with Gasteiger partial charge in [0.15, 0.2) is 0 Å². The molecule has 1 aromatic carbocycles. The first-order valence-corrected chi connectivity index (χ1v) is 13.9. The number of aliphatic hydroxyl groups is 1. The number of ether oxygens (including phenoxy) is 1. The van der Waals surface area contributed by atoms with Crippen LogP contribution in [0.1, 0.15) is 63.4 Å². The predicted molar refractivity (Wildman–Crippen MR) is 148 cm³/mol. The van der Waals surface area contributed by atoms with Crippen molar-refractivity contribution in [2.24, 2.45) is 17.8 Å². The number of methoxy groups -OCH3 is 1. The number of hydrogen-bond donors (Lipinski definition) is 2. The summed E-state index contributed by atoms with van der Waals surface area (Å²) in [6.07, 6.45) is 15.2. The van der Waals surface area contributed by atoms with Crippen LogP contribution in [0.4, 0.5) is 5.69 Å². The van der Waals surface area contributed by atoms with E-state index in [1.165, 1.54) is 25.7 Å². The fraction of sp³-hybridized carbons (Fsp3) is 0.581. The van der Waals surface area contributed by atoms with Gasteiger partial charge in [0.25, 0.3) is 0 Å². The first-order valence-electron chi connectivity index (χ1n) is 13.9. The zero-order chi connectivity index (χ0) is 25.5. The molecule has 5 heteroatoms. The van der Waals surface area contributed by atoms with E-state index in [1.807, 2.05) is 30.4 Å². The number of ketones is 1. The van der Waals surface area contributed by atoms with Crippen molar-refractivity contribution in [3.05, 3.63) is 55.1 Å². The van der Waals surface area contributed by atoms with E-state index in [9.17, 15) is 9.90 Å². The van der Waals surface area contributed by atoms with Crippen LogP contribution in [0.15, 0.2) is 49.6 Å². The SMILES string of the molecule is C=CCCCCCCCCC(=O)C1CN2C[C@H](C=C)[C@@H]1C[C@@H]2[C@@H](O)C1=CCNc2ccc(OC)cc21. The van der Waals surface area contributed by atoms with E-state index in [2.05, 4.69) is 29.5 Å². The van der Waals surface area contributed by atoms with Gasteiger partial charge in [-0.2, -0.15) is 0 Å². The fourth-order valence-electron chi connectivity index (χ4n) is 6.52. The van der Waals surface area contributed by atoms with Gasteiger partial charge in [0.2, 0.25) is 0 Å². The molecule has 6 atom stereocenters. The Morgan fingerprint density at radius 2 is 1.97 bits per heavy atom. The van der Waals surface area contributed by atoms with Gasteiger partial charge in [-0.1, -0.05) is 43.9 Å². The Morgan fingerprint density at radius 3 is 2.69 bits per heavy atom. The molecule has 0 saturated carbocycles. The van der Waals surface area contributed by atoms with Crippen LogP contribution in [0.3, 0.4) is 0 Å². The molecule has 0 radical (unpaired) electrons. The highest BCUT2D eigenvalue weighted by molar-refractivity contribution is 5.83. The van der Waals surface area contributed by atoms with Crippen molar-refractivity contribution < 1.29 is 14.6 Å². The van der Waals surface area contributed by atoms with Crippen molar-refractivity contribution in [2.75, 3.05) is 32.1 Å². The largest absolute Gasteiger partial charge is 0.497 e. The molecule has 4 aliphatic heterocycles. The van der Waals surface area contributed by atoms with Gasteiger partial charge in [0, 0.05) is 49.3 Å². The van der Waals surface area contributed by atoms with E-state index in [4.69, 9.17) is 4.74 Å². The summed E-state index contributed by atoms with van der Waals surface area (Å²) >= 11 is 0. The second-order valence-electron chi connectivity index (χ2n) is 10.7. The van der Waals surface area contributed by atoms with Crippen LogP contribution in [0.2, 0.25) is 0 Å². The molecule has 2 N–H and O–H groups in total. The number of unbranched alkanes of at least 4 members (excludes halogenated alkanes) is 6. The number of aliphatic hydroxyl groups excluding tert-OH is 1. The average Bonchev–Trinajstić information content (AvgIpc) is 2.92. The second kappa shape index (κ2) is 12.7. The van der Waals surface area contributed by atoms with E-state index in [1.54, 1.807) is 7.11 Å². The third-order valence-corrected chi connectivity index (χ3v) is 8.56. The van der Waals surface area contributed by atoms with Gasteiger partial charge in [-0.25, -0.2) is 0 Å². The number of carbonyl (C=O) groups excluding carboxylic acids is 1. The minimum Gasteiger partial charge on any atom is -0.497 e. The molecule has 5 nitrogen and oxygen atoms in total. The number of nitrogens with zero attached hydrogens (tertiary/aromatic N) is 1. The molecule has 1 aromatic rings. The van der Waals surface area contributed by atoms with Crippen molar-refractivity contribution in [3.63, 3.8) is 0 Å². The molecule has 4 heterocycles. The lowest BCUT2D eigenvalue weighted by atomic mass is 9.66. The number of nitrogens with one attached hydrogen (secondary N) is 1. The maximum absolute atomic E-state index is 13.3. The Hall–Kier alpha value is -2.37. The minimum atomic E-state index is -0.594. The molecule has 3 saturated heterocycles. The summed E-state index contributed by atoms with van der Waals surface area (Å²) in [5.74, 6) is 1.84. The zero-order valence-electron chi connectivity index (χ0n) is 22.0. The summed E-state index contributed by atoms with van der Waals surface area (Å²) in [6, 6.07) is 5.99. The summed E-state index contributed by atoms with van der Waals surface area (Å²) in [4.78, 5) is 15.6. The average molecular weight is 493 g/mol. The summed E-state index contributed by atoms with van der Waals surface area (Å²) in [5, 5.41) is 15.0. The highest BCUT2D eigenvalue weighted by Gasteiger charge is 2.49. The van der Waals surface area contributed by atoms with Crippen LogP contribution in [0.25, 0.3) is 5.57 Å². The quantitative estimate of drug-likeness (QED) is 0.251. The normalized spacial score (nSPS) is 27.4. The van der Waals surface area contributed by atoms with E-state index in [-0.39, 0.29) is 17.9 Å². The van der Waals surface area contributed by atoms with Crippen LogP contribution in [0, 0.1) is 17.8 Å². The Bertz CT molecular complexity index is 955.